The van der Waals surface area contributed by atoms with E-state index in [9.17, 15) is 10.1 Å². The van der Waals surface area contributed by atoms with E-state index in [-0.39, 0.29) is 5.69 Å². The number of hydrogen-bond donors (Lipinski definition) is 1. The molecular formula is C14H13N3O2. The molecule has 0 aliphatic carbocycles. The van der Waals surface area contributed by atoms with Crippen molar-refractivity contribution in [3.05, 3.63) is 75.3 Å². The molecule has 0 amide bonds. The van der Waals surface area contributed by atoms with Crippen LogP contribution < -0.4 is 5.84 Å². The lowest BCUT2D eigenvalue weighted by atomic mass is 10.0. The summed E-state index contributed by atoms with van der Waals surface area (Å²) in [6, 6.07) is 14.3. The lowest BCUT2D eigenvalue weighted by Gasteiger charge is -2.06. The minimum Gasteiger partial charge on any atom is -0.323 e. The van der Waals surface area contributed by atoms with Gasteiger partial charge >= 0.3 is 0 Å². The molecule has 5 heteroatoms. The quantitative estimate of drug-likeness (QED) is 0.396. The molecule has 0 fully saturated rings. The molecule has 2 aromatic carbocycles. The van der Waals surface area contributed by atoms with Crippen LogP contribution in [0.5, 0.6) is 0 Å². The van der Waals surface area contributed by atoms with Crippen molar-refractivity contribution >= 4 is 11.4 Å². The van der Waals surface area contributed by atoms with Gasteiger partial charge in [0.25, 0.3) is 5.69 Å². The Kier molecular flexibility index (Phi) is 3.56. The van der Waals surface area contributed by atoms with E-state index >= 15 is 0 Å². The van der Waals surface area contributed by atoms with Crippen LogP contribution in [0.2, 0.25) is 0 Å². The molecule has 19 heavy (non-hydrogen) atoms. The molecule has 2 N–H and O–H groups in total. The molecule has 0 aromatic heterocycles. The minimum absolute atomic E-state index is 0.0644. The molecule has 0 saturated carbocycles. The Hall–Kier alpha value is -2.69. The number of nitrogens with zero attached hydrogens (tertiary/aromatic N) is 2. The van der Waals surface area contributed by atoms with Crippen molar-refractivity contribution in [2.24, 2.45) is 10.9 Å². The number of nitrogens with two attached hydrogens (primary N) is 1. The molecule has 2 rings (SSSR count). The summed E-state index contributed by atoms with van der Waals surface area (Å²) in [6.07, 6.45) is 0. The molecule has 0 saturated heterocycles. The molecule has 0 aliphatic rings. The fourth-order valence-electron chi connectivity index (χ4n) is 1.87. The standard InChI is InChI=1S/C14H13N3O2/c1-10-7-8-12(9-13(10)17(18)19)14(16-15)11-5-3-2-4-6-11/h2-9H,15H2,1H3/b16-14+. The zero-order valence-electron chi connectivity index (χ0n) is 10.4. The molecule has 0 aliphatic heterocycles. The lowest BCUT2D eigenvalue weighted by molar-refractivity contribution is -0.385. The summed E-state index contributed by atoms with van der Waals surface area (Å²) in [5.74, 6) is 5.42. The third-order valence-electron chi connectivity index (χ3n) is 2.86. The van der Waals surface area contributed by atoms with Crippen molar-refractivity contribution in [3.8, 4) is 0 Å². The smallest absolute Gasteiger partial charge is 0.272 e. The van der Waals surface area contributed by atoms with Gasteiger partial charge in [-0.15, -0.1) is 0 Å². The topological polar surface area (TPSA) is 81.5 Å². The molecule has 0 unspecified atom stereocenters. The molecule has 0 heterocycles. The summed E-state index contributed by atoms with van der Waals surface area (Å²) in [4.78, 5) is 10.6. The van der Waals surface area contributed by atoms with Crippen LogP contribution in [-0.4, -0.2) is 10.6 Å². The molecule has 0 radical (unpaired) electrons. The third kappa shape index (κ3) is 2.60. The van der Waals surface area contributed by atoms with Crippen molar-refractivity contribution in [1.82, 2.24) is 0 Å². The van der Waals surface area contributed by atoms with Crippen LogP contribution in [0, 0.1) is 17.0 Å². The lowest BCUT2D eigenvalue weighted by Crippen LogP contribution is -2.07. The molecular weight excluding hydrogens is 242 g/mol. The van der Waals surface area contributed by atoms with Gasteiger partial charge in [0.2, 0.25) is 0 Å². The second-order valence-corrected chi connectivity index (χ2v) is 4.10. The first-order chi connectivity index (χ1) is 9.13. The number of nitro groups is 1. The van der Waals surface area contributed by atoms with Gasteiger partial charge in [-0.25, -0.2) is 0 Å². The fourth-order valence-corrected chi connectivity index (χ4v) is 1.87. The van der Waals surface area contributed by atoms with Crippen molar-refractivity contribution in [3.63, 3.8) is 0 Å². The van der Waals surface area contributed by atoms with Crippen LogP contribution in [-0.2, 0) is 0 Å². The summed E-state index contributed by atoms with van der Waals surface area (Å²) < 4.78 is 0. The van der Waals surface area contributed by atoms with Crippen LogP contribution >= 0.6 is 0 Å². The van der Waals surface area contributed by atoms with Crippen LogP contribution in [0.3, 0.4) is 0 Å². The highest BCUT2D eigenvalue weighted by atomic mass is 16.6. The van der Waals surface area contributed by atoms with Crippen LogP contribution in [0.4, 0.5) is 5.69 Å². The van der Waals surface area contributed by atoms with E-state index in [4.69, 9.17) is 5.84 Å². The summed E-state index contributed by atoms with van der Waals surface area (Å²) in [7, 11) is 0. The Balaban J connectivity index is 2.52. The van der Waals surface area contributed by atoms with E-state index in [1.165, 1.54) is 6.07 Å². The van der Waals surface area contributed by atoms with Crippen molar-refractivity contribution in [1.29, 1.82) is 0 Å². The predicted molar refractivity (Wildman–Crippen MR) is 74.1 cm³/mol. The maximum absolute atomic E-state index is 11.0. The second-order valence-electron chi connectivity index (χ2n) is 4.10. The highest BCUT2D eigenvalue weighted by molar-refractivity contribution is 6.13. The summed E-state index contributed by atoms with van der Waals surface area (Å²) in [5.41, 5.74) is 2.66. The molecule has 2 aromatic rings. The highest BCUT2D eigenvalue weighted by Gasteiger charge is 2.14. The van der Waals surface area contributed by atoms with Crippen LogP contribution in [0.15, 0.2) is 53.6 Å². The molecule has 5 nitrogen and oxygen atoms in total. The number of benzene rings is 2. The van der Waals surface area contributed by atoms with Gasteiger partial charge in [0, 0.05) is 22.8 Å². The van der Waals surface area contributed by atoms with E-state index in [2.05, 4.69) is 5.10 Å². The third-order valence-corrected chi connectivity index (χ3v) is 2.86. The Morgan fingerprint density at radius 2 is 1.84 bits per heavy atom. The summed E-state index contributed by atoms with van der Waals surface area (Å²) in [6.45, 7) is 1.70. The number of nitro benzene ring substituents is 1. The zero-order chi connectivity index (χ0) is 13.8. The van der Waals surface area contributed by atoms with Gasteiger partial charge in [0.15, 0.2) is 0 Å². The molecule has 0 atom stereocenters. The van der Waals surface area contributed by atoms with Gasteiger partial charge in [-0.3, -0.25) is 10.1 Å². The van der Waals surface area contributed by atoms with Crippen molar-refractivity contribution < 1.29 is 4.92 Å². The number of aryl methyl sites for hydroxylation is 1. The van der Waals surface area contributed by atoms with E-state index in [1.807, 2.05) is 30.3 Å². The van der Waals surface area contributed by atoms with E-state index in [1.54, 1.807) is 19.1 Å². The number of hydrazone groups is 1. The number of rotatable bonds is 3. The normalized spacial score (nSPS) is 11.3. The van der Waals surface area contributed by atoms with Crippen molar-refractivity contribution in [2.75, 3.05) is 0 Å². The first-order valence-corrected chi connectivity index (χ1v) is 5.72. The predicted octanol–water partition coefficient (Wildman–Crippen LogP) is 2.61. The maximum atomic E-state index is 11.0. The Morgan fingerprint density at radius 3 is 2.42 bits per heavy atom. The van der Waals surface area contributed by atoms with Crippen molar-refractivity contribution in [2.45, 2.75) is 6.92 Å². The Morgan fingerprint density at radius 1 is 1.16 bits per heavy atom. The summed E-state index contributed by atoms with van der Waals surface area (Å²) in [5, 5.41) is 14.7. The number of hydrogen-bond acceptors (Lipinski definition) is 4. The first-order valence-electron chi connectivity index (χ1n) is 5.72. The van der Waals surface area contributed by atoms with Crippen LogP contribution in [0.1, 0.15) is 16.7 Å². The zero-order valence-corrected chi connectivity index (χ0v) is 10.4. The average molecular weight is 255 g/mol. The van der Waals surface area contributed by atoms with Gasteiger partial charge in [-0.1, -0.05) is 42.5 Å². The Bertz CT molecular complexity index is 636. The van der Waals surface area contributed by atoms with E-state index in [0.717, 1.165) is 5.56 Å². The van der Waals surface area contributed by atoms with Crippen LogP contribution in [0.25, 0.3) is 0 Å². The monoisotopic (exact) mass is 255 g/mol. The van der Waals surface area contributed by atoms with Gasteiger partial charge < -0.3 is 5.84 Å². The largest absolute Gasteiger partial charge is 0.323 e. The van der Waals surface area contributed by atoms with Gasteiger partial charge in [-0.05, 0) is 6.92 Å². The second kappa shape index (κ2) is 5.30. The molecule has 0 spiro atoms. The Labute approximate surface area is 110 Å². The van der Waals surface area contributed by atoms with Gasteiger partial charge in [0.1, 0.15) is 0 Å². The molecule has 0 bridgehead atoms. The summed E-state index contributed by atoms with van der Waals surface area (Å²) >= 11 is 0. The van der Waals surface area contributed by atoms with Gasteiger partial charge in [-0.2, -0.15) is 5.10 Å². The fraction of sp³-hybridized carbons (Fsp3) is 0.0714. The SMILES string of the molecule is Cc1ccc(/C(=N/N)c2ccccc2)cc1[N+](=O)[O-]. The van der Waals surface area contributed by atoms with E-state index < -0.39 is 4.92 Å². The first kappa shape index (κ1) is 12.8. The molecule has 96 valence electrons. The average Bonchev–Trinajstić information content (AvgIpc) is 2.42. The highest BCUT2D eigenvalue weighted by Crippen LogP contribution is 2.21. The van der Waals surface area contributed by atoms with E-state index in [0.29, 0.717) is 16.8 Å². The maximum Gasteiger partial charge on any atom is 0.272 e. The van der Waals surface area contributed by atoms with Gasteiger partial charge in [0.05, 0.1) is 10.6 Å². The minimum atomic E-state index is -0.405.